The van der Waals surface area contributed by atoms with E-state index < -0.39 is 52.2 Å². The third-order valence-electron chi connectivity index (χ3n) is 8.78. The number of halogens is 4. The molecule has 1 aromatic heterocycles. The number of aryl methyl sites for hydroxylation is 2. The van der Waals surface area contributed by atoms with Crippen molar-refractivity contribution in [1.82, 2.24) is 19.9 Å². The van der Waals surface area contributed by atoms with Crippen LogP contribution in [0.4, 0.5) is 17.6 Å². The van der Waals surface area contributed by atoms with E-state index in [2.05, 4.69) is 10.3 Å². The molecule has 0 fully saturated rings. The molecule has 3 aromatic carbocycles. The normalized spacial score (nSPS) is 17.6. The number of aromatic nitrogens is 3. The number of hydrogen-bond acceptors (Lipinski definition) is 4. The fraction of sp³-hybridized carbons (Fsp3) is 0.375. The zero-order valence-electron chi connectivity index (χ0n) is 23.6. The molecule has 7 nitrogen and oxygen atoms in total. The third kappa shape index (κ3) is 5.14. The molecule has 0 spiro atoms. The van der Waals surface area contributed by atoms with Gasteiger partial charge in [0.25, 0.3) is 5.91 Å². The number of benzene rings is 3. The molecule has 43 heavy (non-hydrogen) atoms. The van der Waals surface area contributed by atoms with Crippen molar-refractivity contribution in [1.29, 1.82) is 0 Å². The number of aliphatic carboxylic acids is 1. The highest BCUT2D eigenvalue weighted by Gasteiger charge is 2.33. The topological polar surface area (TPSA) is 88.3 Å². The van der Waals surface area contributed by atoms with E-state index in [4.69, 9.17) is 0 Å². The van der Waals surface area contributed by atoms with E-state index in [1.165, 1.54) is 4.90 Å². The van der Waals surface area contributed by atoms with E-state index in [0.717, 1.165) is 22.2 Å². The molecule has 0 saturated heterocycles. The van der Waals surface area contributed by atoms with Crippen LogP contribution in [0.1, 0.15) is 81.8 Å². The van der Waals surface area contributed by atoms with E-state index in [-0.39, 0.29) is 25.9 Å². The SMILES string of the molecule is Cc1c2ccc3c1nnn3CCCCCCc1c(F)c(F)c(c(F)c1F)C(=O)N1CCc3ccc(cc3C1)[C@@H]2CC(=O)O. The highest BCUT2D eigenvalue weighted by molar-refractivity contribution is 5.95. The predicted molar refractivity (Wildman–Crippen MR) is 150 cm³/mol. The molecule has 0 radical (unpaired) electrons. The average molecular weight is 595 g/mol. The highest BCUT2D eigenvalue weighted by Crippen LogP contribution is 2.36. The Bertz CT molecular complexity index is 1740. The number of nitrogens with zero attached hydrogens (tertiary/aromatic N) is 4. The number of carbonyl (C=O) groups excluding carboxylic acids is 1. The van der Waals surface area contributed by atoms with Crippen molar-refractivity contribution >= 4 is 22.9 Å². The molecule has 0 aliphatic carbocycles. The monoisotopic (exact) mass is 594 g/mol. The summed E-state index contributed by atoms with van der Waals surface area (Å²) < 4.78 is 62.1. The molecular weight excluding hydrogens is 564 g/mol. The van der Waals surface area contributed by atoms with Crippen molar-refractivity contribution in [3.8, 4) is 0 Å². The second-order valence-corrected chi connectivity index (χ2v) is 11.4. The summed E-state index contributed by atoms with van der Waals surface area (Å²) in [4.78, 5) is 26.5. The van der Waals surface area contributed by atoms with Gasteiger partial charge < -0.3 is 10.0 Å². The lowest BCUT2D eigenvalue weighted by molar-refractivity contribution is -0.137. The molecule has 1 atom stereocenters. The van der Waals surface area contributed by atoms with Gasteiger partial charge in [-0.05, 0) is 66.5 Å². The molecule has 6 heterocycles. The lowest BCUT2D eigenvalue weighted by Gasteiger charge is -2.30. The molecule has 9 rings (SSSR count). The van der Waals surface area contributed by atoms with Gasteiger partial charge in [-0.15, -0.1) is 5.10 Å². The van der Waals surface area contributed by atoms with Crippen molar-refractivity contribution in [2.45, 2.75) is 70.9 Å². The summed E-state index contributed by atoms with van der Waals surface area (Å²) in [7, 11) is 0. The van der Waals surface area contributed by atoms with Crippen LogP contribution in [0.15, 0.2) is 30.3 Å². The minimum Gasteiger partial charge on any atom is -0.481 e. The average Bonchev–Trinajstić information content (AvgIpc) is 3.41. The second-order valence-electron chi connectivity index (χ2n) is 11.4. The van der Waals surface area contributed by atoms with Gasteiger partial charge in [0, 0.05) is 31.1 Å². The van der Waals surface area contributed by atoms with Crippen LogP contribution in [0.2, 0.25) is 0 Å². The standard InChI is InChI=1S/C32H30F4N4O3/c1-17-21-9-10-24-31(17)37-38-40(24)12-5-3-2-4-6-22-27(33)29(35)26(30(36)28(22)34)32(43)39-13-11-18-7-8-19(14-20(18)16-39)23(21)15-25(41)42/h7-10,14,23H,2-6,11-13,15-16H2,1H3,(H,41,42)/t23-/m0/s1. The van der Waals surface area contributed by atoms with Gasteiger partial charge in [0.15, 0.2) is 23.3 Å². The maximum atomic E-state index is 15.1. The van der Waals surface area contributed by atoms with Crippen LogP contribution < -0.4 is 0 Å². The molecule has 0 unspecified atom stereocenters. The second kappa shape index (κ2) is 11.4. The molecule has 5 aliphatic rings. The Kier molecular flexibility index (Phi) is 7.66. The molecule has 1 amide bonds. The Morgan fingerprint density at radius 2 is 1.67 bits per heavy atom. The van der Waals surface area contributed by atoms with Crippen LogP contribution in [0.3, 0.4) is 0 Å². The Balaban J connectivity index is 1.46. The summed E-state index contributed by atoms with van der Waals surface area (Å²) in [6.45, 7) is 2.48. The highest BCUT2D eigenvalue weighted by atomic mass is 19.2. The molecule has 224 valence electrons. The summed E-state index contributed by atoms with van der Waals surface area (Å²) in [5.74, 6) is -9.13. The summed E-state index contributed by atoms with van der Waals surface area (Å²) in [6.07, 6.45) is 2.17. The molecule has 0 saturated carbocycles. The van der Waals surface area contributed by atoms with Crippen LogP contribution in [0, 0.1) is 30.2 Å². The first-order valence-corrected chi connectivity index (χ1v) is 14.5. The lowest BCUT2D eigenvalue weighted by Crippen LogP contribution is -2.37. The Labute approximate surface area is 245 Å². The van der Waals surface area contributed by atoms with Gasteiger partial charge in [-0.2, -0.15) is 0 Å². The predicted octanol–water partition coefficient (Wildman–Crippen LogP) is 6.22. The minimum absolute atomic E-state index is 0.0575. The smallest absolute Gasteiger partial charge is 0.304 e. The van der Waals surface area contributed by atoms with E-state index in [9.17, 15) is 14.7 Å². The summed E-state index contributed by atoms with van der Waals surface area (Å²) >= 11 is 0. The van der Waals surface area contributed by atoms with Crippen LogP contribution in [0.5, 0.6) is 0 Å². The minimum atomic E-state index is -1.68. The fourth-order valence-corrected chi connectivity index (χ4v) is 6.43. The molecular formula is C32H30F4N4O3. The van der Waals surface area contributed by atoms with Crippen molar-refractivity contribution in [3.63, 3.8) is 0 Å². The van der Waals surface area contributed by atoms with Gasteiger partial charge in [-0.25, -0.2) is 22.2 Å². The van der Waals surface area contributed by atoms with Gasteiger partial charge in [0.05, 0.1) is 11.9 Å². The summed E-state index contributed by atoms with van der Waals surface area (Å²) in [5, 5.41) is 18.5. The van der Waals surface area contributed by atoms with E-state index >= 15 is 17.6 Å². The van der Waals surface area contributed by atoms with Gasteiger partial charge in [0.2, 0.25) is 0 Å². The van der Waals surface area contributed by atoms with Crippen molar-refractivity contribution in [2.75, 3.05) is 6.54 Å². The Morgan fingerprint density at radius 3 is 2.42 bits per heavy atom. The number of carboxylic acids is 1. The van der Waals surface area contributed by atoms with Crippen LogP contribution in [-0.2, 0) is 30.7 Å². The number of amides is 1. The van der Waals surface area contributed by atoms with Gasteiger partial charge in [-0.1, -0.05) is 42.3 Å². The zero-order chi connectivity index (χ0) is 30.4. The number of hydrogen-bond donors (Lipinski definition) is 1. The van der Waals surface area contributed by atoms with E-state index in [1.807, 2.05) is 31.2 Å². The quantitative estimate of drug-likeness (QED) is 0.220. The van der Waals surface area contributed by atoms with E-state index in [1.54, 1.807) is 10.7 Å². The first-order chi connectivity index (χ1) is 20.7. The third-order valence-corrected chi connectivity index (χ3v) is 8.78. The van der Waals surface area contributed by atoms with Crippen molar-refractivity contribution < 1.29 is 32.3 Å². The number of carboxylic acid groups (broad SMARTS) is 1. The summed E-state index contributed by atoms with van der Waals surface area (Å²) in [5.41, 5.74) is 3.41. The maximum Gasteiger partial charge on any atom is 0.304 e. The Morgan fingerprint density at radius 1 is 0.930 bits per heavy atom. The molecule has 1 N–H and O–H groups in total. The van der Waals surface area contributed by atoms with E-state index in [0.29, 0.717) is 55.3 Å². The fourth-order valence-electron chi connectivity index (χ4n) is 6.43. The molecule has 5 aliphatic heterocycles. The zero-order valence-corrected chi connectivity index (χ0v) is 23.6. The molecule has 9 bridgehead atoms. The maximum absolute atomic E-state index is 15.1. The number of rotatable bonds is 2. The van der Waals surface area contributed by atoms with Gasteiger partial charge in [-0.3, -0.25) is 9.59 Å². The van der Waals surface area contributed by atoms with Crippen molar-refractivity contribution in [3.05, 3.63) is 92.5 Å². The Hall–Kier alpha value is -4.28. The van der Waals surface area contributed by atoms with Gasteiger partial charge >= 0.3 is 5.97 Å². The molecule has 11 heteroatoms. The van der Waals surface area contributed by atoms with Crippen molar-refractivity contribution in [2.24, 2.45) is 0 Å². The first-order valence-electron chi connectivity index (χ1n) is 14.5. The van der Waals surface area contributed by atoms with Crippen LogP contribution >= 0.6 is 0 Å². The van der Waals surface area contributed by atoms with Crippen LogP contribution in [-0.4, -0.2) is 43.4 Å². The lowest BCUT2D eigenvalue weighted by atomic mass is 9.83. The largest absolute Gasteiger partial charge is 0.481 e. The number of carbonyl (C=O) groups is 2. The molecule has 4 aromatic rings. The van der Waals surface area contributed by atoms with Gasteiger partial charge in [0.1, 0.15) is 11.1 Å². The first kappa shape index (κ1) is 28.8. The summed E-state index contributed by atoms with van der Waals surface area (Å²) in [6, 6.07) is 9.32. The van der Waals surface area contributed by atoms with Crippen LogP contribution in [0.25, 0.3) is 11.0 Å².